The van der Waals surface area contributed by atoms with E-state index in [1.807, 2.05) is 13.0 Å². The molecule has 2 rings (SSSR count). The van der Waals surface area contributed by atoms with Crippen LogP contribution in [-0.2, 0) is 17.9 Å². The highest BCUT2D eigenvalue weighted by Gasteiger charge is 2.22. The molecule has 1 fully saturated rings. The average molecular weight is 407 g/mol. The summed E-state index contributed by atoms with van der Waals surface area (Å²) in [5.41, 5.74) is 1.55. The number of rotatable bonds is 6. The predicted molar refractivity (Wildman–Crippen MR) is 93.5 cm³/mol. The summed E-state index contributed by atoms with van der Waals surface area (Å²) in [6.07, 6.45) is 2.41. The molecule has 0 atom stereocenters. The van der Waals surface area contributed by atoms with Gasteiger partial charge in [-0.05, 0) is 37.5 Å². The van der Waals surface area contributed by atoms with Crippen LogP contribution in [-0.4, -0.2) is 25.7 Å². The molecular weight excluding hydrogens is 384 g/mol. The van der Waals surface area contributed by atoms with Gasteiger partial charge in [0.25, 0.3) is 0 Å². The first kappa shape index (κ1) is 18.2. The molecule has 0 saturated heterocycles. The van der Waals surface area contributed by atoms with Crippen LogP contribution in [0.3, 0.4) is 0 Å². The molecule has 0 radical (unpaired) electrons. The van der Waals surface area contributed by atoms with E-state index < -0.39 is 0 Å². The Balaban J connectivity index is 0.00000220. The third-order valence-electron chi connectivity index (χ3n) is 3.09. The lowest BCUT2D eigenvalue weighted by Crippen LogP contribution is -2.38. The van der Waals surface area contributed by atoms with Crippen molar-refractivity contribution in [3.05, 3.63) is 35.1 Å². The largest absolute Gasteiger partial charge is 0.380 e. The average Bonchev–Trinajstić information content (AvgIpc) is 3.24. The number of nitrogens with one attached hydrogen (secondary N) is 2. The van der Waals surface area contributed by atoms with E-state index in [4.69, 9.17) is 4.74 Å². The van der Waals surface area contributed by atoms with Crippen LogP contribution in [0.15, 0.2) is 23.2 Å². The van der Waals surface area contributed by atoms with Crippen LogP contribution in [0, 0.1) is 5.82 Å². The van der Waals surface area contributed by atoms with Gasteiger partial charge in [-0.15, -0.1) is 24.0 Å². The number of hydrogen-bond donors (Lipinski definition) is 2. The van der Waals surface area contributed by atoms with E-state index in [0.717, 1.165) is 18.1 Å². The van der Waals surface area contributed by atoms with Crippen LogP contribution in [0.5, 0.6) is 0 Å². The zero-order valence-corrected chi connectivity index (χ0v) is 14.8. The Morgan fingerprint density at radius 1 is 1.43 bits per heavy atom. The molecule has 0 spiro atoms. The molecule has 118 valence electrons. The molecule has 21 heavy (non-hydrogen) atoms. The van der Waals surface area contributed by atoms with Gasteiger partial charge >= 0.3 is 0 Å². The van der Waals surface area contributed by atoms with Gasteiger partial charge in [-0.1, -0.05) is 6.07 Å². The molecule has 0 heterocycles. The lowest BCUT2D eigenvalue weighted by atomic mass is 10.1. The molecule has 0 amide bonds. The summed E-state index contributed by atoms with van der Waals surface area (Å²) < 4.78 is 18.5. The summed E-state index contributed by atoms with van der Waals surface area (Å²) in [7, 11) is 1.56. The normalized spacial score (nSPS) is 14.5. The second-order valence-corrected chi connectivity index (χ2v) is 4.97. The molecule has 0 aromatic heterocycles. The van der Waals surface area contributed by atoms with Gasteiger partial charge in [0, 0.05) is 25.3 Å². The molecule has 4 nitrogen and oxygen atoms in total. The van der Waals surface area contributed by atoms with Crippen molar-refractivity contribution < 1.29 is 9.13 Å². The van der Waals surface area contributed by atoms with Gasteiger partial charge in [0.15, 0.2) is 5.96 Å². The van der Waals surface area contributed by atoms with E-state index >= 15 is 0 Å². The Hall–Kier alpha value is -0.890. The monoisotopic (exact) mass is 407 g/mol. The summed E-state index contributed by atoms with van der Waals surface area (Å²) in [5, 5.41) is 6.57. The van der Waals surface area contributed by atoms with Crippen molar-refractivity contribution in [1.29, 1.82) is 0 Å². The van der Waals surface area contributed by atoms with Crippen LogP contribution < -0.4 is 10.6 Å². The number of aliphatic imine (C=N–C) groups is 1. The maximum absolute atomic E-state index is 13.5. The zero-order valence-electron chi connectivity index (χ0n) is 12.5. The quantitative estimate of drug-likeness (QED) is 0.433. The van der Waals surface area contributed by atoms with E-state index in [1.165, 1.54) is 18.9 Å². The molecule has 6 heteroatoms. The van der Waals surface area contributed by atoms with Gasteiger partial charge in [0.1, 0.15) is 5.82 Å². The van der Waals surface area contributed by atoms with Crippen molar-refractivity contribution in [3.8, 4) is 0 Å². The van der Waals surface area contributed by atoms with Crippen molar-refractivity contribution in [3.63, 3.8) is 0 Å². The summed E-state index contributed by atoms with van der Waals surface area (Å²) in [6.45, 7) is 3.68. The Morgan fingerprint density at radius 2 is 2.19 bits per heavy atom. The minimum absolute atomic E-state index is 0. The molecule has 0 aliphatic heterocycles. The second-order valence-electron chi connectivity index (χ2n) is 4.97. The first-order chi connectivity index (χ1) is 9.72. The highest BCUT2D eigenvalue weighted by molar-refractivity contribution is 14.0. The van der Waals surface area contributed by atoms with Crippen LogP contribution in [0.25, 0.3) is 0 Å². The highest BCUT2D eigenvalue weighted by atomic mass is 127. The minimum Gasteiger partial charge on any atom is -0.380 e. The Labute approximate surface area is 142 Å². The van der Waals surface area contributed by atoms with E-state index in [0.29, 0.717) is 18.2 Å². The summed E-state index contributed by atoms with van der Waals surface area (Å²) >= 11 is 0. The van der Waals surface area contributed by atoms with E-state index in [1.54, 1.807) is 13.2 Å². The fourth-order valence-corrected chi connectivity index (χ4v) is 1.90. The maximum atomic E-state index is 13.5. The van der Waals surface area contributed by atoms with E-state index in [9.17, 15) is 4.39 Å². The molecule has 1 aliphatic carbocycles. The summed E-state index contributed by atoms with van der Waals surface area (Å²) in [4.78, 5) is 4.53. The smallest absolute Gasteiger partial charge is 0.191 e. The minimum atomic E-state index is -0.234. The van der Waals surface area contributed by atoms with Gasteiger partial charge in [-0.2, -0.15) is 0 Å². The van der Waals surface area contributed by atoms with Gasteiger partial charge in [0.2, 0.25) is 0 Å². The Bertz CT molecular complexity index is 478. The molecule has 1 aliphatic rings. The standard InChI is InChI=1S/C15H22FN3O.HI/c1-3-17-15(19-13-5-6-13)18-9-11-4-7-14(16)12(8-11)10-20-2;/h4,7-8,13H,3,5-6,9-10H2,1-2H3,(H2,17,18,19);1H. The second kappa shape index (κ2) is 9.19. The van der Waals surface area contributed by atoms with Crippen molar-refractivity contribution >= 4 is 29.9 Å². The van der Waals surface area contributed by atoms with Crippen molar-refractivity contribution in [2.75, 3.05) is 13.7 Å². The zero-order chi connectivity index (χ0) is 14.4. The Morgan fingerprint density at radius 3 is 2.81 bits per heavy atom. The fraction of sp³-hybridized carbons (Fsp3) is 0.533. The number of benzene rings is 1. The van der Waals surface area contributed by atoms with Crippen molar-refractivity contribution in [1.82, 2.24) is 10.6 Å². The fourth-order valence-electron chi connectivity index (χ4n) is 1.90. The molecule has 0 unspecified atom stereocenters. The lowest BCUT2D eigenvalue weighted by molar-refractivity contribution is 0.181. The summed E-state index contributed by atoms with van der Waals surface area (Å²) in [6, 6.07) is 5.60. The predicted octanol–water partition coefficient (Wildman–Crippen LogP) is 2.81. The Kier molecular flexibility index (Phi) is 7.95. The van der Waals surface area contributed by atoms with Gasteiger partial charge in [-0.25, -0.2) is 9.38 Å². The molecule has 1 saturated carbocycles. The van der Waals surface area contributed by atoms with Crippen molar-refractivity contribution in [2.45, 2.75) is 39.0 Å². The molecule has 1 aromatic carbocycles. The number of methoxy groups -OCH3 is 1. The highest BCUT2D eigenvalue weighted by Crippen LogP contribution is 2.18. The first-order valence-corrected chi connectivity index (χ1v) is 7.04. The number of guanidine groups is 1. The number of hydrogen-bond acceptors (Lipinski definition) is 2. The number of ether oxygens (including phenoxy) is 1. The lowest BCUT2D eigenvalue weighted by Gasteiger charge is -2.10. The van der Waals surface area contributed by atoms with Gasteiger partial charge in [-0.3, -0.25) is 0 Å². The van der Waals surface area contributed by atoms with Gasteiger partial charge < -0.3 is 15.4 Å². The van der Waals surface area contributed by atoms with E-state index in [2.05, 4.69) is 15.6 Å². The van der Waals surface area contributed by atoms with Crippen molar-refractivity contribution in [2.24, 2.45) is 4.99 Å². The topological polar surface area (TPSA) is 45.7 Å². The van der Waals surface area contributed by atoms with Crippen LogP contribution in [0.1, 0.15) is 30.9 Å². The SMILES string of the molecule is CCNC(=NCc1ccc(F)c(COC)c1)NC1CC1.I. The van der Waals surface area contributed by atoms with Gasteiger partial charge in [0.05, 0.1) is 13.2 Å². The maximum Gasteiger partial charge on any atom is 0.191 e. The molecule has 0 bridgehead atoms. The third kappa shape index (κ3) is 6.17. The number of nitrogens with zero attached hydrogens (tertiary/aromatic N) is 1. The summed E-state index contributed by atoms with van der Waals surface area (Å²) in [5.74, 6) is 0.593. The van der Waals surface area contributed by atoms with Crippen LogP contribution in [0.2, 0.25) is 0 Å². The van der Waals surface area contributed by atoms with E-state index in [-0.39, 0.29) is 36.4 Å². The molecular formula is C15H23FIN3O. The molecule has 1 aromatic rings. The third-order valence-corrected chi connectivity index (χ3v) is 3.09. The molecule has 2 N–H and O–H groups in total. The van der Waals surface area contributed by atoms with Crippen LogP contribution in [0.4, 0.5) is 4.39 Å². The first-order valence-electron chi connectivity index (χ1n) is 7.04. The number of halogens is 2. The van der Waals surface area contributed by atoms with Crippen LogP contribution >= 0.6 is 24.0 Å².